The third-order valence-corrected chi connectivity index (χ3v) is 8.79. The Bertz CT molecular complexity index is 1390. The minimum absolute atomic E-state index is 0.382. The normalized spacial score (nSPS) is 13.6. The summed E-state index contributed by atoms with van der Waals surface area (Å²) in [5, 5.41) is 4.04. The number of carbonyl (C=O) groups excluding carboxylic acids is 1. The summed E-state index contributed by atoms with van der Waals surface area (Å²) in [6.07, 6.45) is 6.57. The number of thiazole rings is 1. The van der Waals surface area contributed by atoms with Gasteiger partial charge in [-0.3, -0.25) is 0 Å². The third-order valence-electron chi connectivity index (χ3n) is 6.61. The molecule has 0 saturated heterocycles. The SMILES string of the molecule is COCCOc1ccc(-c2nc(Nc3ncc(-c4ccc(C)s4)cc3C(=O)OC)sc2C2CCCC2)cc1. The lowest BCUT2D eigenvalue weighted by Crippen LogP contribution is -2.07. The highest BCUT2D eigenvalue weighted by atomic mass is 32.1. The molecule has 4 aromatic rings. The molecular formula is C29H31N3O4S2. The second-order valence-electron chi connectivity index (χ2n) is 9.23. The number of esters is 1. The topological polar surface area (TPSA) is 82.6 Å². The van der Waals surface area contributed by atoms with E-state index in [2.05, 4.69) is 35.4 Å². The summed E-state index contributed by atoms with van der Waals surface area (Å²) < 4.78 is 15.9. The maximum Gasteiger partial charge on any atom is 0.341 e. The van der Waals surface area contributed by atoms with Gasteiger partial charge in [-0.05, 0) is 68.1 Å². The van der Waals surface area contributed by atoms with Crippen molar-refractivity contribution in [2.75, 3.05) is 32.8 Å². The number of rotatable bonds is 10. The van der Waals surface area contributed by atoms with Crippen LogP contribution in [0.1, 0.15) is 51.7 Å². The zero-order chi connectivity index (χ0) is 26.5. The van der Waals surface area contributed by atoms with Crippen molar-refractivity contribution < 1.29 is 19.0 Å². The van der Waals surface area contributed by atoms with E-state index < -0.39 is 5.97 Å². The lowest BCUT2D eigenvalue weighted by atomic mass is 10.0. The number of hydrogen-bond donors (Lipinski definition) is 1. The molecule has 5 rings (SSSR count). The standard InChI is InChI=1S/C29H31N3O4S2/c1-18-8-13-24(37-18)21-16-23(28(33)35-3)27(30-17-21)32-29-31-25(26(38-29)20-6-4-5-7-20)19-9-11-22(12-10-19)36-15-14-34-2/h8-13,16-17,20H,4-7,14-15H2,1-3H3,(H,30,31,32). The first-order chi connectivity index (χ1) is 18.6. The van der Waals surface area contributed by atoms with Crippen LogP contribution in [0, 0.1) is 6.92 Å². The Kier molecular flexibility index (Phi) is 8.36. The zero-order valence-corrected chi connectivity index (χ0v) is 23.4. The van der Waals surface area contributed by atoms with Crippen LogP contribution in [-0.2, 0) is 9.47 Å². The van der Waals surface area contributed by atoms with E-state index in [0.29, 0.717) is 35.6 Å². The van der Waals surface area contributed by atoms with Crippen molar-refractivity contribution in [1.29, 1.82) is 0 Å². The van der Waals surface area contributed by atoms with E-state index in [1.807, 2.05) is 24.3 Å². The molecule has 0 bridgehead atoms. The van der Waals surface area contributed by atoms with E-state index in [1.165, 1.54) is 29.7 Å². The molecule has 1 aromatic carbocycles. The van der Waals surface area contributed by atoms with Crippen molar-refractivity contribution in [3.63, 3.8) is 0 Å². The maximum atomic E-state index is 12.7. The van der Waals surface area contributed by atoms with Crippen molar-refractivity contribution in [3.05, 3.63) is 64.0 Å². The minimum atomic E-state index is -0.438. The number of nitrogens with one attached hydrogen (secondary N) is 1. The van der Waals surface area contributed by atoms with Gasteiger partial charge in [-0.15, -0.1) is 22.7 Å². The summed E-state index contributed by atoms with van der Waals surface area (Å²) in [5.74, 6) is 1.28. The smallest absolute Gasteiger partial charge is 0.341 e. The summed E-state index contributed by atoms with van der Waals surface area (Å²) in [6, 6.07) is 14.0. The van der Waals surface area contributed by atoms with Crippen molar-refractivity contribution in [2.45, 2.75) is 38.5 Å². The minimum Gasteiger partial charge on any atom is -0.491 e. The van der Waals surface area contributed by atoms with Gasteiger partial charge >= 0.3 is 5.97 Å². The Labute approximate surface area is 230 Å². The van der Waals surface area contributed by atoms with Crippen LogP contribution in [0.25, 0.3) is 21.7 Å². The first-order valence-electron chi connectivity index (χ1n) is 12.7. The Hall–Kier alpha value is -3.27. The van der Waals surface area contributed by atoms with Crippen molar-refractivity contribution in [2.24, 2.45) is 0 Å². The Morgan fingerprint density at radius 3 is 2.50 bits per heavy atom. The van der Waals surface area contributed by atoms with Crippen molar-refractivity contribution in [1.82, 2.24) is 9.97 Å². The number of carbonyl (C=O) groups is 1. The van der Waals surface area contributed by atoms with Gasteiger partial charge in [-0.1, -0.05) is 12.8 Å². The fourth-order valence-electron chi connectivity index (χ4n) is 4.66. The van der Waals surface area contributed by atoms with Crippen LogP contribution in [0.3, 0.4) is 0 Å². The molecule has 7 nitrogen and oxygen atoms in total. The van der Waals surface area contributed by atoms with Gasteiger partial charge in [0.25, 0.3) is 0 Å². The van der Waals surface area contributed by atoms with Crippen LogP contribution in [0.15, 0.2) is 48.7 Å². The Balaban J connectivity index is 1.46. The molecule has 38 heavy (non-hydrogen) atoms. The molecule has 0 amide bonds. The molecule has 1 aliphatic rings. The second kappa shape index (κ2) is 12.1. The van der Waals surface area contributed by atoms with Gasteiger partial charge < -0.3 is 19.5 Å². The number of thiophene rings is 1. The highest BCUT2D eigenvalue weighted by molar-refractivity contribution is 7.16. The Morgan fingerprint density at radius 2 is 1.82 bits per heavy atom. The van der Waals surface area contributed by atoms with Crippen LogP contribution in [-0.4, -0.2) is 43.4 Å². The molecular weight excluding hydrogens is 518 g/mol. The summed E-state index contributed by atoms with van der Waals surface area (Å²) in [6.45, 7) is 3.11. The summed E-state index contributed by atoms with van der Waals surface area (Å²) in [5.41, 5.74) is 3.28. The van der Waals surface area contributed by atoms with Gasteiger partial charge in [-0.25, -0.2) is 14.8 Å². The van der Waals surface area contributed by atoms with E-state index in [9.17, 15) is 4.79 Å². The number of hydrogen-bond acceptors (Lipinski definition) is 9. The Morgan fingerprint density at radius 1 is 1.03 bits per heavy atom. The number of anilines is 2. The molecule has 1 aliphatic carbocycles. The molecule has 0 unspecified atom stereocenters. The first kappa shape index (κ1) is 26.3. The lowest BCUT2D eigenvalue weighted by Gasteiger charge is -2.10. The lowest BCUT2D eigenvalue weighted by molar-refractivity contribution is 0.0601. The average molecular weight is 550 g/mol. The summed E-state index contributed by atoms with van der Waals surface area (Å²) in [4.78, 5) is 25.8. The highest BCUT2D eigenvalue weighted by Gasteiger charge is 2.26. The predicted molar refractivity (Wildman–Crippen MR) is 153 cm³/mol. The summed E-state index contributed by atoms with van der Waals surface area (Å²) in [7, 11) is 3.05. The van der Waals surface area contributed by atoms with Gasteiger partial charge in [-0.2, -0.15) is 0 Å². The quantitative estimate of drug-likeness (QED) is 0.162. The highest BCUT2D eigenvalue weighted by Crippen LogP contribution is 2.44. The molecule has 1 N–H and O–H groups in total. The molecule has 9 heteroatoms. The molecule has 1 fully saturated rings. The monoisotopic (exact) mass is 549 g/mol. The van der Waals surface area contributed by atoms with Gasteiger partial charge in [0.2, 0.25) is 0 Å². The van der Waals surface area contributed by atoms with E-state index in [-0.39, 0.29) is 0 Å². The fraction of sp³-hybridized carbons (Fsp3) is 0.345. The molecule has 3 aromatic heterocycles. The summed E-state index contributed by atoms with van der Waals surface area (Å²) >= 11 is 3.30. The van der Waals surface area contributed by atoms with E-state index in [1.54, 1.807) is 36.0 Å². The van der Waals surface area contributed by atoms with E-state index in [4.69, 9.17) is 19.2 Å². The first-order valence-corrected chi connectivity index (χ1v) is 14.3. The molecule has 0 aliphatic heterocycles. The van der Waals surface area contributed by atoms with Gasteiger partial charge in [0.05, 0.1) is 19.4 Å². The molecule has 0 radical (unpaired) electrons. The van der Waals surface area contributed by atoms with Crippen LogP contribution in [0.5, 0.6) is 5.75 Å². The van der Waals surface area contributed by atoms with Crippen LogP contribution < -0.4 is 10.1 Å². The number of nitrogens with zero attached hydrogens (tertiary/aromatic N) is 2. The van der Waals surface area contributed by atoms with Gasteiger partial charge in [0.15, 0.2) is 5.13 Å². The van der Waals surface area contributed by atoms with Crippen LogP contribution in [0.4, 0.5) is 10.9 Å². The molecule has 198 valence electrons. The maximum absolute atomic E-state index is 12.7. The van der Waals surface area contributed by atoms with Crippen molar-refractivity contribution >= 4 is 39.6 Å². The third kappa shape index (κ3) is 5.90. The molecule has 0 spiro atoms. The number of ether oxygens (including phenoxy) is 3. The number of methoxy groups -OCH3 is 2. The van der Waals surface area contributed by atoms with E-state index >= 15 is 0 Å². The number of aryl methyl sites for hydroxylation is 1. The number of benzene rings is 1. The second-order valence-corrected chi connectivity index (χ2v) is 11.5. The molecule has 1 saturated carbocycles. The number of pyridine rings is 1. The average Bonchev–Trinajstić information content (AvgIpc) is 3.70. The molecule has 3 heterocycles. The largest absolute Gasteiger partial charge is 0.491 e. The number of aromatic nitrogens is 2. The predicted octanol–water partition coefficient (Wildman–Crippen LogP) is 7.46. The van der Waals surface area contributed by atoms with Crippen molar-refractivity contribution in [3.8, 4) is 27.4 Å². The van der Waals surface area contributed by atoms with Crippen LogP contribution in [0.2, 0.25) is 0 Å². The van der Waals surface area contributed by atoms with Gasteiger partial charge in [0.1, 0.15) is 23.7 Å². The zero-order valence-electron chi connectivity index (χ0n) is 21.8. The van der Waals surface area contributed by atoms with Crippen LogP contribution >= 0.6 is 22.7 Å². The molecule has 0 atom stereocenters. The van der Waals surface area contributed by atoms with Gasteiger partial charge in [0, 0.05) is 39.1 Å². The van der Waals surface area contributed by atoms with E-state index in [0.717, 1.165) is 40.3 Å². The fourth-order valence-corrected chi connectivity index (χ4v) is 6.67.